The molecule has 3 amide bonds. The van der Waals surface area contributed by atoms with Crippen molar-refractivity contribution < 1.29 is 19.1 Å². The highest BCUT2D eigenvalue weighted by molar-refractivity contribution is 5.92. The maximum atomic E-state index is 14.4. The van der Waals surface area contributed by atoms with E-state index in [0.29, 0.717) is 5.92 Å². The maximum Gasteiger partial charge on any atom is 0.408 e. The zero-order valence-electron chi connectivity index (χ0n) is 24.9. The van der Waals surface area contributed by atoms with E-state index in [1.54, 1.807) is 25.7 Å². The van der Waals surface area contributed by atoms with E-state index in [1.807, 2.05) is 51.1 Å². The van der Waals surface area contributed by atoms with Crippen molar-refractivity contribution >= 4 is 17.9 Å². The van der Waals surface area contributed by atoms with Crippen molar-refractivity contribution in [1.82, 2.24) is 15.5 Å². The molecule has 1 saturated carbocycles. The Kier molecular flexibility index (Phi) is 12.1. The SMILES string of the molecule is CC(C)CCC(C)N(C(=O)C(NC(=O)OC(C)(C)C)C(C)C)C(C(=O)NC1CCCCC1)c1ccccc1. The summed E-state index contributed by atoms with van der Waals surface area (Å²) in [4.78, 5) is 42.8. The third kappa shape index (κ3) is 9.95. The molecule has 0 radical (unpaired) electrons. The van der Waals surface area contributed by atoms with Gasteiger partial charge in [0.1, 0.15) is 17.7 Å². The summed E-state index contributed by atoms with van der Waals surface area (Å²) in [7, 11) is 0. The first-order chi connectivity index (χ1) is 17.8. The quantitative estimate of drug-likeness (QED) is 0.348. The fourth-order valence-electron chi connectivity index (χ4n) is 5.02. The van der Waals surface area contributed by atoms with Gasteiger partial charge >= 0.3 is 6.09 Å². The van der Waals surface area contributed by atoms with Gasteiger partial charge in [-0.3, -0.25) is 9.59 Å². The molecule has 0 aromatic heterocycles. The third-order valence-electron chi connectivity index (χ3n) is 7.09. The van der Waals surface area contributed by atoms with Crippen LogP contribution in [-0.2, 0) is 14.3 Å². The van der Waals surface area contributed by atoms with Crippen LogP contribution in [0.1, 0.15) is 112 Å². The Morgan fingerprint density at radius 2 is 1.55 bits per heavy atom. The Bertz CT molecular complexity index is 888. The van der Waals surface area contributed by atoms with Gasteiger partial charge in [-0.1, -0.05) is 77.3 Å². The first-order valence-electron chi connectivity index (χ1n) is 14.5. The highest BCUT2D eigenvalue weighted by atomic mass is 16.6. The Morgan fingerprint density at radius 3 is 2.08 bits per heavy atom. The highest BCUT2D eigenvalue weighted by Crippen LogP contribution is 2.29. The van der Waals surface area contributed by atoms with Gasteiger partial charge in [0.05, 0.1) is 0 Å². The van der Waals surface area contributed by atoms with E-state index in [1.165, 1.54) is 6.42 Å². The van der Waals surface area contributed by atoms with Crippen LogP contribution in [0.3, 0.4) is 0 Å². The fourth-order valence-corrected chi connectivity index (χ4v) is 5.02. The summed E-state index contributed by atoms with van der Waals surface area (Å²) in [5, 5.41) is 6.08. The second kappa shape index (κ2) is 14.5. The average Bonchev–Trinajstić information content (AvgIpc) is 2.83. The number of amides is 3. The number of ether oxygens (including phenoxy) is 1. The van der Waals surface area contributed by atoms with Gasteiger partial charge in [0.25, 0.3) is 0 Å². The minimum atomic E-state index is -0.833. The molecule has 3 atom stereocenters. The molecule has 1 aliphatic carbocycles. The van der Waals surface area contributed by atoms with E-state index in [2.05, 4.69) is 24.5 Å². The number of hydrogen-bond acceptors (Lipinski definition) is 4. The molecule has 38 heavy (non-hydrogen) atoms. The molecule has 1 aliphatic rings. The van der Waals surface area contributed by atoms with Crippen molar-refractivity contribution in [3.63, 3.8) is 0 Å². The van der Waals surface area contributed by atoms with Gasteiger partial charge in [-0.15, -0.1) is 0 Å². The zero-order chi connectivity index (χ0) is 28.5. The number of nitrogens with one attached hydrogen (secondary N) is 2. The van der Waals surface area contributed by atoms with Crippen LogP contribution in [0.4, 0.5) is 4.79 Å². The molecule has 7 nitrogen and oxygen atoms in total. The van der Waals surface area contributed by atoms with Crippen LogP contribution in [0, 0.1) is 11.8 Å². The second-order valence-corrected chi connectivity index (χ2v) is 12.6. The topological polar surface area (TPSA) is 87.7 Å². The van der Waals surface area contributed by atoms with Crippen molar-refractivity contribution in [2.24, 2.45) is 11.8 Å². The van der Waals surface area contributed by atoms with Crippen molar-refractivity contribution in [1.29, 1.82) is 0 Å². The molecule has 7 heteroatoms. The zero-order valence-corrected chi connectivity index (χ0v) is 24.9. The molecule has 2 N–H and O–H groups in total. The van der Waals surface area contributed by atoms with Gasteiger partial charge in [-0.2, -0.15) is 0 Å². The van der Waals surface area contributed by atoms with Crippen LogP contribution in [0.25, 0.3) is 0 Å². The van der Waals surface area contributed by atoms with Crippen LogP contribution in [0.15, 0.2) is 30.3 Å². The molecule has 3 unspecified atom stereocenters. The number of carbonyl (C=O) groups is 3. The van der Waals surface area contributed by atoms with E-state index in [0.717, 1.165) is 44.1 Å². The molecular weight excluding hydrogens is 478 g/mol. The standard InChI is InChI=1S/C31H51N3O4/c1-21(2)19-20-23(5)34(29(36)26(22(3)4)33-30(37)38-31(6,7)8)27(24-15-11-9-12-16-24)28(35)32-25-17-13-10-14-18-25/h9,11-12,15-16,21-23,25-27H,10,13-14,17-20H2,1-8H3,(H,32,35)(H,33,37). The smallest absolute Gasteiger partial charge is 0.408 e. The van der Waals surface area contributed by atoms with Gasteiger partial charge in [-0.05, 0) is 70.8 Å². The van der Waals surface area contributed by atoms with Gasteiger partial charge < -0.3 is 20.3 Å². The molecule has 1 aromatic rings. The number of carbonyl (C=O) groups excluding carboxylic acids is 3. The van der Waals surface area contributed by atoms with E-state index in [-0.39, 0.29) is 29.8 Å². The van der Waals surface area contributed by atoms with E-state index < -0.39 is 23.8 Å². The molecular formula is C31H51N3O4. The van der Waals surface area contributed by atoms with E-state index >= 15 is 0 Å². The summed E-state index contributed by atoms with van der Waals surface area (Å²) in [6, 6.07) is 7.80. The van der Waals surface area contributed by atoms with Crippen molar-refractivity contribution in [3.05, 3.63) is 35.9 Å². The minimum Gasteiger partial charge on any atom is -0.444 e. The van der Waals surface area contributed by atoms with Gasteiger partial charge in [0.2, 0.25) is 11.8 Å². The lowest BCUT2D eigenvalue weighted by molar-refractivity contribution is -0.146. The van der Waals surface area contributed by atoms with Crippen molar-refractivity contribution in [3.8, 4) is 0 Å². The van der Waals surface area contributed by atoms with Gasteiger partial charge in [0, 0.05) is 12.1 Å². The first-order valence-corrected chi connectivity index (χ1v) is 14.5. The number of benzene rings is 1. The molecule has 0 saturated heterocycles. The average molecular weight is 530 g/mol. The lowest BCUT2D eigenvalue weighted by Crippen LogP contribution is -2.57. The Balaban J connectivity index is 2.49. The fraction of sp³-hybridized carbons (Fsp3) is 0.710. The van der Waals surface area contributed by atoms with Gasteiger partial charge in [-0.25, -0.2) is 4.79 Å². The number of alkyl carbamates (subject to hydrolysis) is 1. The third-order valence-corrected chi connectivity index (χ3v) is 7.09. The van der Waals surface area contributed by atoms with E-state index in [9.17, 15) is 14.4 Å². The Labute approximate surface area is 230 Å². The summed E-state index contributed by atoms with van der Waals surface area (Å²) in [6.45, 7) is 15.5. The Hall–Kier alpha value is -2.57. The molecule has 1 fully saturated rings. The number of nitrogens with zero attached hydrogens (tertiary/aromatic N) is 1. The van der Waals surface area contributed by atoms with Crippen molar-refractivity contribution in [2.45, 2.75) is 130 Å². The molecule has 0 aliphatic heterocycles. The predicted molar refractivity (Wildman–Crippen MR) is 153 cm³/mol. The van der Waals surface area contributed by atoms with Crippen LogP contribution in [-0.4, -0.2) is 46.5 Å². The minimum absolute atomic E-state index is 0.117. The summed E-state index contributed by atoms with van der Waals surface area (Å²) in [6.07, 6.45) is 6.34. The summed E-state index contributed by atoms with van der Waals surface area (Å²) >= 11 is 0. The van der Waals surface area contributed by atoms with Crippen molar-refractivity contribution in [2.75, 3.05) is 0 Å². The largest absolute Gasteiger partial charge is 0.444 e. The normalized spacial score (nSPS) is 17.0. The summed E-state index contributed by atoms with van der Waals surface area (Å²) < 4.78 is 5.48. The maximum absolute atomic E-state index is 14.4. The molecule has 2 rings (SSSR count). The summed E-state index contributed by atoms with van der Waals surface area (Å²) in [5.74, 6) is -0.170. The summed E-state index contributed by atoms with van der Waals surface area (Å²) in [5.41, 5.74) is 0.0797. The second-order valence-electron chi connectivity index (χ2n) is 12.6. The van der Waals surface area contributed by atoms with Gasteiger partial charge in [0.15, 0.2) is 0 Å². The molecule has 1 aromatic carbocycles. The number of hydrogen-bond donors (Lipinski definition) is 2. The molecule has 0 heterocycles. The van der Waals surface area contributed by atoms with Crippen LogP contribution in [0.2, 0.25) is 0 Å². The van der Waals surface area contributed by atoms with Crippen LogP contribution >= 0.6 is 0 Å². The number of rotatable bonds is 11. The highest BCUT2D eigenvalue weighted by Gasteiger charge is 2.40. The first kappa shape index (κ1) is 31.6. The van der Waals surface area contributed by atoms with Crippen LogP contribution in [0.5, 0.6) is 0 Å². The predicted octanol–water partition coefficient (Wildman–Crippen LogP) is 6.38. The molecule has 0 spiro atoms. The molecule has 214 valence electrons. The molecule has 0 bridgehead atoms. The van der Waals surface area contributed by atoms with Crippen LogP contribution < -0.4 is 10.6 Å². The Morgan fingerprint density at radius 1 is 0.947 bits per heavy atom. The lowest BCUT2D eigenvalue weighted by atomic mass is 9.93. The van der Waals surface area contributed by atoms with E-state index in [4.69, 9.17) is 4.74 Å². The monoisotopic (exact) mass is 529 g/mol. The lowest BCUT2D eigenvalue weighted by Gasteiger charge is -2.40.